The smallest absolute Gasteiger partial charge is 0.412 e. The molecule has 2 N–H and O–H groups in total. The van der Waals surface area contributed by atoms with Gasteiger partial charge in [-0.25, -0.2) is 9.59 Å². The largest absolute Gasteiger partial charge is 0.493 e. The summed E-state index contributed by atoms with van der Waals surface area (Å²) in [5, 5.41) is 13.3. The van der Waals surface area contributed by atoms with Gasteiger partial charge in [-0.1, -0.05) is 48.6 Å². The minimum Gasteiger partial charge on any atom is -0.493 e. The summed E-state index contributed by atoms with van der Waals surface area (Å²) in [6.45, 7) is 5.96. The number of benzene rings is 3. The minimum atomic E-state index is -0.998. The Morgan fingerprint density at radius 2 is 1.63 bits per heavy atom. The Morgan fingerprint density at radius 1 is 0.953 bits per heavy atom. The van der Waals surface area contributed by atoms with Crippen molar-refractivity contribution in [2.45, 2.75) is 70.6 Å². The van der Waals surface area contributed by atoms with E-state index in [-0.39, 0.29) is 12.1 Å². The molecule has 43 heavy (non-hydrogen) atoms. The third kappa shape index (κ3) is 9.20. The van der Waals surface area contributed by atoms with E-state index >= 15 is 0 Å². The van der Waals surface area contributed by atoms with Gasteiger partial charge < -0.3 is 19.9 Å². The monoisotopic (exact) mass is 584 g/mol. The van der Waals surface area contributed by atoms with E-state index in [9.17, 15) is 19.5 Å². The molecule has 0 radical (unpaired) electrons. The van der Waals surface area contributed by atoms with Crippen LogP contribution >= 0.6 is 0 Å². The molecule has 3 aromatic carbocycles. The van der Waals surface area contributed by atoms with Gasteiger partial charge in [0.15, 0.2) is 0 Å². The minimum absolute atomic E-state index is 0.0532. The Labute approximate surface area is 253 Å². The molecule has 1 aliphatic rings. The second kappa shape index (κ2) is 14.5. The number of hydrogen-bond donors (Lipinski definition) is 2. The summed E-state index contributed by atoms with van der Waals surface area (Å²) < 4.78 is 11.2. The zero-order chi connectivity index (χ0) is 30.8. The molecule has 0 unspecified atom stereocenters. The van der Waals surface area contributed by atoms with E-state index in [1.807, 2.05) is 81.5 Å². The summed E-state index contributed by atoms with van der Waals surface area (Å²) >= 11 is 0. The van der Waals surface area contributed by atoms with Crippen LogP contribution in [0.4, 0.5) is 15.3 Å². The van der Waals surface area contributed by atoms with E-state index < -0.39 is 17.8 Å². The fourth-order valence-electron chi connectivity index (χ4n) is 5.23. The number of amides is 2. The number of nitrogens with zero attached hydrogens (tertiary/aromatic N) is 1. The molecule has 4 rings (SSSR count). The maximum Gasteiger partial charge on any atom is 0.412 e. The van der Waals surface area contributed by atoms with Gasteiger partial charge in [0.2, 0.25) is 0 Å². The lowest BCUT2D eigenvalue weighted by molar-refractivity contribution is 0.0490. The summed E-state index contributed by atoms with van der Waals surface area (Å²) in [5.41, 5.74) is 3.40. The van der Waals surface area contributed by atoms with Gasteiger partial charge >= 0.3 is 12.2 Å². The molecule has 1 saturated carbocycles. The molecule has 1 aliphatic carbocycles. The number of rotatable bonds is 10. The van der Waals surface area contributed by atoms with E-state index in [0.717, 1.165) is 23.0 Å². The van der Waals surface area contributed by atoms with Gasteiger partial charge in [-0.2, -0.15) is 0 Å². The number of nitrogens with one attached hydrogen (secondary N) is 1. The van der Waals surface area contributed by atoms with Gasteiger partial charge in [0.1, 0.15) is 17.6 Å². The van der Waals surface area contributed by atoms with Crippen molar-refractivity contribution in [1.82, 2.24) is 5.32 Å². The predicted octanol–water partition coefficient (Wildman–Crippen LogP) is 7.97. The maximum absolute atomic E-state index is 12.7. The summed E-state index contributed by atoms with van der Waals surface area (Å²) in [7, 11) is 0. The van der Waals surface area contributed by atoms with Crippen molar-refractivity contribution in [1.29, 1.82) is 0 Å². The average Bonchev–Trinajstić information content (AvgIpc) is 2.98. The Bertz CT molecular complexity index is 1400. The zero-order valence-electron chi connectivity index (χ0n) is 25.0. The molecule has 8 heteroatoms. The van der Waals surface area contributed by atoms with E-state index in [4.69, 9.17) is 9.47 Å². The molecule has 0 heterocycles. The van der Waals surface area contributed by atoms with Crippen LogP contribution in [-0.4, -0.2) is 47.9 Å². The molecule has 2 amide bonds. The fraction of sp³-hybridized carbons (Fsp3) is 0.343. The number of carboxylic acid groups (broad SMARTS) is 1. The molecule has 0 aliphatic heterocycles. The lowest BCUT2D eigenvalue weighted by atomic mass is 9.89. The Morgan fingerprint density at radius 3 is 2.26 bits per heavy atom. The van der Waals surface area contributed by atoms with Crippen molar-refractivity contribution >= 4 is 30.2 Å². The van der Waals surface area contributed by atoms with Crippen molar-refractivity contribution < 1.29 is 29.0 Å². The zero-order valence-corrected chi connectivity index (χ0v) is 25.0. The third-order valence-electron chi connectivity index (χ3n) is 7.23. The highest BCUT2D eigenvalue weighted by Gasteiger charge is 2.32. The van der Waals surface area contributed by atoms with Gasteiger partial charge in [0.25, 0.3) is 0 Å². The number of carbonyl (C=O) groups is 3. The van der Waals surface area contributed by atoms with Gasteiger partial charge in [-0.3, -0.25) is 9.69 Å². The molecule has 0 aromatic heterocycles. The van der Waals surface area contributed by atoms with Gasteiger partial charge in [-0.15, -0.1) is 0 Å². The second-order valence-electron chi connectivity index (χ2n) is 11.7. The molecule has 0 atom stereocenters. The number of hydrogen-bond acceptors (Lipinski definition) is 5. The summed E-state index contributed by atoms with van der Waals surface area (Å²) in [5.74, 6) is 0.707. The van der Waals surface area contributed by atoms with Crippen LogP contribution in [0, 0.1) is 0 Å². The molecule has 0 spiro atoms. The van der Waals surface area contributed by atoms with Crippen molar-refractivity contribution in [2.75, 3.05) is 11.5 Å². The normalized spacial score (nSPS) is 16.8. The van der Waals surface area contributed by atoms with E-state index in [2.05, 4.69) is 5.32 Å². The highest BCUT2D eigenvalue weighted by atomic mass is 16.6. The molecule has 0 bridgehead atoms. The van der Waals surface area contributed by atoms with Crippen LogP contribution in [0.5, 0.6) is 5.75 Å². The molecule has 0 saturated heterocycles. The van der Waals surface area contributed by atoms with Crippen LogP contribution in [0.15, 0.2) is 78.9 Å². The van der Waals surface area contributed by atoms with Gasteiger partial charge in [0.05, 0.1) is 12.3 Å². The summed E-state index contributed by atoms with van der Waals surface area (Å²) in [6.07, 6.45) is 6.65. The van der Waals surface area contributed by atoms with Crippen LogP contribution in [0.2, 0.25) is 0 Å². The second-order valence-corrected chi connectivity index (χ2v) is 11.7. The van der Waals surface area contributed by atoms with Crippen molar-refractivity contribution in [3.8, 4) is 16.9 Å². The third-order valence-corrected chi connectivity index (χ3v) is 7.23. The quantitative estimate of drug-likeness (QED) is 0.185. The summed E-state index contributed by atoms with van der Waals surface area (Å²) in [4.78, 5) is 37.2. The first kappa shape index (κ1) is 31.3. The molecule has 8 nitrogen and oxygen atoms in total. The SMILES string of the molecule is CC(C)(C)OC(=O)N[C@H]1CC[C@H](N(C(=O)O)c2ccc(C=CCCOc3ccc(C=O)cc3)cc2-c2ccccc2)CC1. The predicted molar refractivity (Wildman–Crippen MR) is 169 cm³/mol. The first-order valence-electron chi connectivity index (χ1n) is 14.7. The average molecular weight is 585 g/mol. The number of ether oxygens (including phenoxy) is 2. The van der Waals surface area contributed by atoms with E-state index in [1.165, 1.54) is 4.90 Å². The number of carbonyl (C=O) groups excluding carboxylic acids is 2. The number of aldehydes is 1. The number of alkyl carbamates (subject to hydrolysis) is 1. The van der Waals surface area contributed by atoms with Crippen LogP contribution in [0.3, 0.4) is 0 Å². The molecule has 226 valence electrons. The lowest BCUT2D eigenvalue weighted by Gasteiger charge is -2.36. The molecular weight excluding hydrogens is 544 g/mol. The molecule has 1 fully saturated rings. The first-order valence-corrected chi connectivity index (χ1v) is 14.7. The van der Waals surface area contributed by atoms with Crippen LogP contribution < -0.4 is 15.0 Å². The number of anilines is 1. The topological polar surface area (TPSA) is 105 Å². The van der Waals surface area contributed by atoms with Crippen molar-refractivity contribution in [3.05, 3.63) is 90.0 Å². The van der Waals surface area contributed by atoms with E-state index in [1.54, 1.807) is 24.3 Å². The van der Waals surface area contributed by atoms with Gasteiger partial charge in [-0.05, 0) is 100 Å². The van der Waals surface area contributed by atoms with E-state index in [0.29, 0.717) is 55.7 Å². The van der Waals surface area contributed by atoms with Crippen LogP contribution in [-0.2, 0) is 4.74 Å². The first-order chi connectivity index (χ1) is 20.6. The fourth-order valence-corrected chi connectivity index (χ4v) is 5.23. The van der Waals surface area contributed by atoms with Crippen molar-refractivity contribution in [3.63, 3.8) is 0 Å². The lowest BCUT2D eigenvalue weighted by Crippen LogP contribution is -2.47. The highest BCUT2D eigenvalue weighted by Crippen LogP contribution is 2.36. The van der Waals surface area contributed by atoms with Crippen LogP contribution in [0.25, 0.3) is 17.2 Å². The van der Waals surface area contributed by atoms with Crippen LogP contribution in [0.1, 0.15) is 68.8 Å². The van der Waals surface area contributed by atoms with Crippen molar-refractivity contribution in [2.24, 2.45) is 0 Å². The standard InChI is InChI=1S/C35H40N2O6/c1-35(2,3)43-33(39)36-28-15-17-29(18-16-28)37(34(40)41)32-21-14-25(23-31(32)27-10-5-4-6-11-27)9-7-8-22-42-30-19-12-26(24-38)13-20-30/h4-7,9-14,19-21,23-24,28-29H,8,15-18,22H2,1-3H3,(H,36,39)(H,40,41)/t28-,29-. The Balaban J connectivity index is 1.46. The molecular formula is C35H40N2O6. The highest BCUT2D eigenvalue weighted by molar-refractivity contribution is 5.94. The maximum atomic E-state index is 12.7. The van der Waals surface area contributed by atoms with Gasteiger partial charge in [0, 0.05) is 23.2 Å². The molecule has 3 aromatic rings. The Hall–Kier alpha value is -4.59. The Kier molecular flexibility index (Phi) is 10.6. The summed E-state index contributed by atoms with van der Waals surface area (Å²) in [6, 6.07) is 22.4.